The van der Waals surface area contributed by atoms with Crippen molar-refractivity contribution in [3.05, 3.63) is 83.9 Å². The fraction of sp³-hybridized carbons (Fsp3) is 0.406. The predicted octanol–water partition coefficient (Wildman–Crippen LogP) is 3.57. The maximum Gasteiger partial charge on any atom is 0.340 e. The third-order valence-corrected chi connectivity index (χ3v) is 11.6. The van der Waals surface area contributed by atoms with Gasteiger partial charge in [0.05, 0.1) is 13.2 Å². The summed E-state index contributed by atoms with van der Waals surface area (Å²) in [5, 5.41) is 8.80. The lowest BCUT2D eigenvalue weighted by atomic mass is 10.1. The second-order valence-corrected chi connectivity index (χ2v) is 15.0. The summed E-state index contributed by atoms with van der Waals surface area (Å²) in [6, 6.07) is 20.0. The Morgan fingerprint density at radius 3 is 2.35 bits per heavy atom. The summed E-state index contributed by atoms with van der Waals surface area (Å²) in [6.07, 6.45) is 1.34. The van der Waals surface area contributed by atoms with E-state index in [4.69, 9.17) is 24.9 Å². The average Bonchev–Trinajstić information content (AvgIpc) is 3.48. The van der Waals surface area contributed by atoms with Crippen LogP contribution in [0.15, 0.2) is 82.6 Å². The summed E-state index contributed by atoms with van der Waals surface area (Å²) in [6.45, 7) is 6.82. The largest absolute Gasteiger partial charge is 0.493 e. The number of likely N-dealkylation sites (N-methyl/N-ethyl adjacent to an activating group) is 1. The molecule has 5 rings (SSSR count). The highest BCUT2D eigenvalue weighted by Crippen LogP contribution is 2.32. The minimum Gasteiger partial charge on any atom is -0.493 e. The summed E-state index contributed by atoms with van der Waals surface area (Å²) >= 11 is 0. The average molecular weight is 672 g/mol. The fourth-order valence-corrected chi connectivity index (χ4v) is 9.20. The Hall–Kier alpha value is -3.69. The number of sulfonamides is 1. The normalized spacial score (nSPS) is 19.3. The van der Waals surface area contributed by atoms with Gasteiger partial charge >= 0.3 is 10.1 Å². The zero-order valence-corrected chi connectivity index (χ0v) is 27.7. The topological polar surface area (TPSA) is 156 Å². The van der Waals surface area contributed by atoms with Crippen LogP contribution in [0.3, 0.4) is 0 Å². The number of rotatable bonds is 12. The Bertz CT molecular complexity index is 1730. The van der Waals surface area contributed by atoms with E-state index < -0.39 is 25.0 Å². The van der Waals surface area contributed by atoms with Gasteiger partial charge in [-0.1, -0.05) is 49.4 Å². The van der Waals surface area contributed by atoms with Crippen molar-refractivity contribution in [3.63, 3.8) is 0 Å². The van der Waals surface area contributed by atoms with Gasteiger partial charge in [-0.3, -0.25) is 15.1 Å². The molecular formula is C32H41N5O7S2. The van der Waals surface area contributed by atoms with Crippen LogP contribution >= 0.6 is 0 Å². The summed E-state index contributed by atoms with van der Waals surface area (Å²) < 4.78 is 68.4. The molecule has 2 atom stereocenters. The van der Waals surface area contributed by atoms with Gasteiger partial charge in [0.1, 0.15) is 21.3 Å². The number of benzene rings is 3. The number of guanidine groups is 1. The molecule has 0 aromatic heterocycles. The first-order chi connectivity index (χ1) is 22.0. The molecule has 0 saturated carbocycles. The lowest BCUT2D eigenvalue weighted by Gasteiger charge is -2.31. The van der Waals surface area contributed by atoms with Crippen LogP contribution < -0.4 is 14.7 Å². The molecule has 12 nitrogen and oxygen atoms in total. The van der Waals surface area contributed by atoms with Gasteiger partial charge in [0.15, 0.2) is 0 Å². The predicted molar refractivity (Wildman–Crippen MR) is 173 cm³/mol. The number of nitrogens with two attached hydrogens (primary N) is 1. The maximum atomic E-state index is 14.1. The molecule has 0 bridgehead atoms. The van der Waals surface area contributed by atoms with Crippen molar-refractivity contribution >= 4 is 26.1 Å². The van der Waals surface area contributed by atoms with Gasteiger partial charge in [0.2, 0.25) is 16.0 Å². The molecule has 3 aromatic carbocycles. The number of hydroxylamine groups is 2. The Morgan fingerprint density at radius 2 is 1.67 bits per heavy atom. The number of nitrogens with one attached hydrogen (secondary N) is 1. The highest BCUT2D eigenvalue weighted by atomic mass is 32.2. The molecular weight excluding hydrogens is 631 g/mol. The number of likely N-dealkylation sites (tertiary alicyclic amines) is 1. The van der Waals surface area contributed by atoms with Crippen molar-refractivity contribution < 1.29 is 30.6 Å². The van der Waals surface area contributed by atoms with E-state index in [2.05, 4.69) is 4.90 Å². The van der Waals surface area contributed by atoms with Crippen LogP contribution in [0, 0.1) is 18.3 Å². The molecule has 3 N–H and O–H groups in total. The molecule has 46 heavy (non-hydrogen) atoms. The van der Waals surface area contributed by atoms with Gasteiger partial charge in [-0.2, -0.15) is 12.7 Å². The van der Waals surface area contributed by atoms with Crippen molar-refractivity contribution in [2.24, 2.45) is 11.7 Å². The van der Waals surface area contributed by atoms with Gasteiger partial charge in [0.25, 0.3) is 0 Å². The zero-order chi connectivity index (χ0) is 32.9. The summed E-state index contributed by atoms with van der Waals surface area (Å²) in [7, 11) is -8.75. The minimum absolute atomic E-state index is 0.00421. The third-order valence-electron chi connectivity index (χ3n) is 8.11. The first kappa shape index (κ1) is 33.7. The lowest BCUT2D eigenvalue weighted by Crippen LogP contribution is -2.43. The Balaban J connectivity index is 1.30. The van der Waals surface area contributed by atoms with E-state index in [0.717, 1.165) is 12.1 Å². The quantitative estimate of drug-likeness (QED) is 0.166. The van der Waals surface area contributed by atoms with E-state index in [9.17, 15) is 16.8 Å². The second-order valence-electron chi connectivity index (χ2n) is 11.6. The zero-order valence-electron chi connectivity index (χ0n) is 26.0. The molecule has 2 unspecified atom stereocenters. The van der Waals surface area contributed by atoms with Gasteiger partial charge < -0.3 is 14.7 Å². The molecule has 0 spiro atoms. The fourth-order valence-electron chi connectivity index (χ4n) is 5.85. The monoisotopic (exact) mass is 671 g/mol. The van der Waals surface area contributed by atoms with Crippen LogP contribution in [-0.4, -0.2) is 82.5 Å². The van der Waals surface area contributed by atoms with Gasteiger partial charge in [0, 0.05) is 50.7 Å². The number of nitrogens with zero attached hydrogens (tertiary/aromatic N) is 3. The molecule has 2 aliphatic heterocycles. The maximum absolute atomic E-state index is 14.1. The smallest absolute Gasteiger partial charge is 0.340 e. The highest BCUT2D eigenvalue weighted by molar-refractivity contribution is 7.91. The molecule has 14 heteroatoms. The molecule has 3 aromatic rings. The van der Waals surface area contributed by atoms with Crippen LogP contribution in [0.2, 0.25) is 0 Å². The number of ether oxygens (including phenoxy) is 1. The molecule has 2 fully saturated rings. The third kappa shape index (κ3) is 7.99. The van der Waals surface area contributed by atoms with Crippen molar-refractivity contribution in [3.8, 4) is 11.5 Å². The Morgan fingerprint density at radius 1 is 0.978 bits per heavy atom. The first-order valence-corrected chi connectivity index (χ1v) is 18.1. The number of hydrogen-bond acceptors (Lipinski definition) is 9. The van der Waals surface area contributed by atoms with Gasteiger partial charge in [-0.15, -0.1) is 0 Å². The van der Waals surface area contributed by atoms with E-state index in [1.807, 2.05) is 30.3 Å². The van der Waals surface area contributed by atoms with E-state index >= 15 is 0 Å². The summed E-state index contributed by atoms with van der Waals surface area (Å²) in [5.74, 6) is 0.304. The van der Waals surface area contributed by atoms with Crippen molar-refractivity contribution in [2.75, 3.05) is 39.4 Å². The SMILES string of the molecule is CCN(C1CCN(Cc2ccccc2)C1)S(=O)(=O)c1ccccc1S(=O)(=O)Oc1cc(C)cc(OCC2CCN(C(=N)N)OC2)c1. The summed E-state index contributed by atoms with van der Waals surface area (Å²) in [5.41, 5.74) is 7.32. The van der Waals surface area contributed by atoms with Crippen LogP contribution in [0.25, 0.3) is 0 Å². The molecule has 2 saturated heterocycles. The lowest BCUT2D eigenvalue weighted by molar-refractivity contribution is -0.149. The molecule has 0 aliphatic carbocycles. The molecule has 2 heterocycles. The first-order valence-electron chi connectivity index (χ1n) is 15.3. The molecule has 0 amide bonds. The summed E-state index contributed by atoms with van der Waals surface area (Å²) in [4.78, 5) is 6.94. The standard InChI is InChI=1S/C32H41N5O7S2/c1-3-37(27-14-15-35(21-27)20-25-9-5-4-6-10-25)45(38,39)30-11-7-8-12-31(30)46(40,41)44-29-18-24(2)17-28(19-29)42-22-26-13-16-36(32(33)34)43-23-26/h4-12,17-19,26-27H,3,13-16,20-23H2,1-2H3,(H3,33,34). The van der Waals surface area contributed by atoms with Gasteiger partial charge in [-0.05, 0) is 55.2 Å². The Labute approximate surface area is 271 Å². The molecule has 0 radical (unpaired) electrons. The van der Waals surface area contributed by atoms with Crippen LogP contribution in [0.5, 0.6) is 11.5 Å². The Kier molecular flexibility index (Phi) is 10.5. The van der Waals surface area contributed by atoms with Crippen LogP contribution in [-0.2, 0) is 31.5 Å². The number of hydrogen-bond donors (Lipinski definition) is 2. The van der Waals surface area contributed by atoms with E-state index in [0.29, 0.717) is 57.0 Å². The second kappa shape index (κ2) is 14.4. The van der Waals surface area contributed by atoms with Gasteiger partial charge in [-0.25, -0.2) is 13.5 Å². The molecule has 248 valence electrons. The number of aryl methyl sites for hydroxylation is 1. The minimum atomic E-state index is -4.56. The molecule has 2 aliphatic rings. The van der Waals surface area contributed by atoms with Crippen LogP contribution in [0.4, 0.5) is 0 Å². The highest BCUT2D eigenvalue weighted by Gasteiger charge is 2.38. The van der Waals surface area contributed by atoms with Crippen molar-refractivity contribution in [1.29, 1.82) is 5.41 Å². The van der Waals surface area contributed by atoms with E-state index in [1.165, 1.54) is 39.7 Å². The van der Waals surface area contributed by atoms with Crippen molar-refractivity contribution in [1.82, 2.24) is 14.3 Å². The van der Waals surface area contributed by atoms with Crippen molar-refractivity contribution in [2.45, 2.75) is 49.1 Å². The van der Waals surface area contributed by atoms with E-state index in [-0.39, 0.29) is 35.1 Å². The van der Waals surface area contributed by atoms with Crippen LogP contribution in [0.1, 0.15) is 30.9 Å². The van der Waals surface area contributed by atoms with E-state index in [1.54, 1.807) is 26.0 Å².